The second-order valence-electron chi connectivity index (χ2n) is 3.53. The van der Waals surface area contributed by atoms with Crippen molar-refractivity contribution in [3.63, 3.8) is 0 Å². The zero-order valence-corrected chi connectivity index (χ0v) is 8.55. The normalized spacial score (nSPS) is 21.0. The van der Waals surface area contributed by atoms with Crippen molar-refractivity contribution in [1.82, 2.24) is 10.3 Å². The van der Waals surface area contributed by atoms with E-state index >= 15 is 0 Å². The molecule has 0 saturated carbocycles. The van der Waals surface area contributed by atoms with Gasteiger partial charge in [-0.25, -0.2) is 9.80 Å². The maximum Gasteiger partial charge on any atom is 0.338 e. The summed E-state index contributed by atoms with van der Waals surface area (Å²) in [7, 11) is 0. The lowest BCUT2D eigenvalue weighted by molar-refractivity contribution is 0.210. The van der Waals surface area contributed by atoms with Crippen molar-refractivity contribution in [1.29, 1.82) is 0 Å². The number of urea groups is 1. The van der Waals surface area contributed by atoms with Crippen LogP contribution in [0.5, 0.6) is 0 Å². The molecule has 1 aromatic rings. The molecule has 1 unspecified atom stereocenters. The van der Waals surface area contributed by atoms with Crippen LogP contribution >= 0.6 is 0 Å². The standard InChI is InChI=1S/C11H13N3O/c1-9-7-12-11(15)14(9)13-8-10-5-3-2-4-6-10/h2-6,8-9H,7H2,1H3,(H,12,15). The molecule has 0 spiro atoms. The summed E-state index contributed by atoms with van der Waals surface area (Å²) in [5, 5.41) is 8.35. The fourth-order valence-corrected chi connectivity index (χ4v) is 1.44. The zero-order valence-electron chi connectivity index (χ0n) is 8.55. The van der Waals surface area contributed by atoms with E-state index in [1.54, 1.807) is 6.21 Å². The molecule has 15 heavy (non-hydrogen) atoms. The van der Waals surface area contributed by atoms with E-state index in [0.29, 0.717) is 6.54 Å². The Morgan fingerprint density at radius 2 is 2.20 bits per heavy atom. The van der Waals surface area contributed by atoms with E-state index in [0.717, 1.165) is 5.56 Å². The number of carbonyl (C=O) groups excluding carboxylic acids is 1. The van der Waals surface area contributed by atoms with Crippen LogP contribution in [-0.4, -0.2) is 29.8 Å². The Morgan fingerprint density at radius 1 is 1.47 bits per heavy atom. The third kappa shape index (κ3) is 2.15. The van der Waals surface area contributed by atoms with Crippen LogP contribution in [0.4, 0.5) is 4.79 Å². The van der Waals surface area contributed by atoms with Crippen LogP contribution in [0.1, 0.15) is 12.5 Å². The van der Waals surface area contributed by atoms with Crippen molar-refractivity contribution in [2.45, 2.75) is 13.0 Å². The number of carbonyl (C=O) groups is 1. The number of hydrogen-bond donors (Lipinski definition) is 1. The zero-order chi connectivity index (χ0) is 10.7. The highest BCUT2D eigenvalue weighted by molar-refractivity contribution is 5.82. The van der Waals surface area contributed by atoms with E-state index in [-0.39, 0.29) is 12.1 Å². The minimum atomic E-state index is -0.130. The van der Waals surface area contributed by atoms with Gasteiger partial charge in [0, 0.05) is 6.54 Å². The molecule has 1 saturated heterocycles. The van der Waals surface area contributed by atoms with Gasteiger partial charge in [-0.15, -0.1) is 0 Å². The molecule has 2 rings (SSSR count). The summed E-state index contributed by atoms with van der Waals surface area (Å²) in [5.41, 5.74) is 0.990. The topological polar surface area (TPSA) is 44.7 Å². The highest BCUT2D eigenvalue weighted by atomic mass is 16.2. The van der Waals surface area contributed by atoms with Gasteiger partial charge in [-0.05, 0) is 12.5 Å². The lowest BCUT2D eigenvalue weighted by Crippen LogP contribution is -2.27. The summed E-state index contributed by atoms with van der Waals surface area (Å²) in [6.07, 6.45) is 1.70. The van der Waals surface area contributed by atoms with Crippen LogP contribution in [0, 0.1) is 0 Å². The molecule has 1 heterocycles. The number of rotatable bonds is 2. The molecular formula is C11H13N3O. The third-order valence-electron chi connectivity index (χ3n) is 2.31. The number of hydrogen-bond acceptors (Lipinski definition) is 2. The van der Waals surface area contributed by atoms with Gasteiger partial charge in [-0.1, -0.05) is 30.3 Å². The van der Waals surface area contributed by atoms with Gasteiger partial charge in [0.25, 0.3) is 0 Å². The fourth-order valence-electron chi connectivity index (χ4n) is 1.44. The number of hydrazone groups is 1. The molecule has 1 aliphatic heterocycles. The molecule has 0 aromatic heterocycles. The van der Waals surface area contributed by atoms with Crippen LogP contribution in [0.3, 0.4) is 0 Å². The van der Waals surface area contributed by atoms with Gasteiger partial charge in [0.1, 0.15) is 0 Å². The summed E-state index contributed by atoms with van der Waals surface area (Å²) in [6.45, 7) is 2.62. The van der Waals surface area contributed by atoms with Crippen molar-refractivity contribution >= 4 is 12.2 Å². The van der Waals surface area contributed by atoms with Crippen molar-refractivity contribution in [3.05, 3.63) is 35.9 Å². The molecule has 0 bridgehead atoms. The lowest BCUT2D eigenvalue weighted by Gasteiger charge is -2.12. The first-order valence-electron chi connectivity index (χ1n) is 4.93. The van der Waals surface area contributed by atoms with E-state index < -0.39 is 0 Å². The molecule has 1 atom stereocenters. The van der Waals surface area contributed by atoms with E-state index in [9.17, 15) is 4.79 Å². The predicted octanol–water partition coefficient (Wildman–Crippen LogP) is 1.43. The Morgan fingerprint density at radius 3 is 2.80 bits per heavy atom. The Balaban J connectivity index is 2.08. The number of nitrogens with zero attached hydrogens (tertiary/aromatic N) is 2. The van der Waals surface area contributed by atoms with Gasteiger partial charge in [-0.3, -0.25) is 0 Å². The average Bonchev–Trinajstić information content (AvgIpc) is 2.58. The van der Waals surface area contributed by atoms with E-state index in [1.807, 2.05) is 37.3 Å². The molecule has 1 aliphatic rings. The van der Waals surface area contributed by atoms with Crippen LogP contribution < -0.4 is 5.32 Å². The van der Waals surface area contributed by atoms with E-state index in [1.165, 1.54) is 5.01 Å². The summed E-state index contributed by atoms with van der Waals surface area (Å²) < 4.78 is 0. The van der Waals surface area contributed by atoms with Crippen molar-refractivity contribution in [3.8, 4) is 0 Å². The largest absolute Gasteiger partial charge is 0.338 e. The SMILES string of the molecule is CC1CNC(=O)N1N=Cc1ccccc1. The Hall–Kier alpha value is -1.84. The van der Waals surface area contributed by atoms with Crippen molar-refractivity contribution in [2.75, 3.05) is 6.54 Å². The molecule has 0 radical (unpaired) electrons. The molecule has 2 amide bonds. The highest BCUT2D eigenvalue weighted by Crippen LogP contribution is 2.06. The second-order valence-corrected chi connectivity index (χ2v) is 3.53. The molecule has 1 N–H and O–H groups in total. The third-order valence-corrected chi connectivity index (χ3v) is 2.31. The quantitative estimate of drug-likeness (QED) is 0.726. The second kappa shape index (κ2) is 4.13. The average molecular weight is 203 g/mol. The fraction of sp³-hybridized carbons (Fsp3) is 0.273. The molecule has 1 fully saturated rings. The van der Waals surface area contributed by atoms with E-state index in [2.05, 4.69) is 10.4 Å². The van der Waals surface area contributed by atoms with Crippen LogP contribution in [0.15, 0.2) is 35.4 Å². The smallest absolute Gasteiger partial charge is 0.334 e. The van der Waals surface area contributed by atoms with Gasteiger partial charge in [0.05, 0.1) is 12.3 Å². The van der Waals surface area contributed by atoms with Crippen LogP contribution in [0.25, 0.3) is 0 Å². The first-order valence-corrected chi connectivity index (χ1v) is 4.93. The van der Waals surface area contributed by atoms with E-state index in [4.69, 9.17) is 0 Å². The molecule has 4 heteroatoms. The maximum absolute atomic E-state index is 11.3. The Kier molecular flexibility index (Phi) is 2.67. The molecule has 4 nitrogen and oxygen atoms in total. The monoisotopic (exact) mass is 203 g/mol. The first kappa shape index (κ1) is 9.71. The summed E-state index contributed by atoms with van der Waals surface area (Å²) in [4.78, 5) is 11.3. The first-order chi connectivity index (χ1) is 7.27. The Labute approximate surface area is 88.6 Å². The van der Waals surface area contributed by atoms with Gasteiger partial charge < -0.3 is 5.32 Å². The van der Waals surface area contributed by atoms with Crippen molar-refractivity contribution < 1.29 is 4.79 Å². The number of nitrogens with one attached hydrogen (secondary N) is 1. The predicted molar refractivity (Wildman–Crippen MR) is 58.7 cm³/mol. The van der Waals surface area contributed by atoms with Crippen molar-refractivity contribution in [2.24, 2.45) is 5.10 Å². The Bertz CT molecular complexity index is 375. The molecule has 78 valence electrons. The van der Waals surface area contributed by atoms with Crippen LogP contribution in [0.2, 0.25) is 0 Å². The van der Waals surface area contributed by atoms with Gasteiger partial charge in [0.2, 0.25) is 0 Å². The highest BCUT2D eigenvalue weighted by Gasteiger charge is 2.26. The molecule has 0 aliphatic carbocycles. The summed E-state index contributed by atoms with van der Waals surface area (Å²) in [5.74, 6) is 0. The lowest BCUT2D eigenvalue weighted by atomic mass is 10.2. The van der Waals surface area contributed by atoms with Gasteiger partial charge in [-0.2, -0.15) is 5.10 Å². The van der Waals surface area contributed by atoms with Gasteiger partial charge >= 0.3 is 6.03 Å². The molecule has 1 aromatic carbocycles. The number of amides is 2. The summed E-state index contributed by atoms with van der Waals surface area (Å²) >= 11 is 0. The van der Waals surface area contributed by atoms with Gasteiger partial charge in [0.15, 0.2) is 0 Å². The summed E-state index contributed by atoms with van der Waals surface area (Å²) in [6, 6.07) is 9.71. The number of benzene rings is 1. The van der Waals surface area contributed by atoms with Crippen LogP contribution in [-0.2, 0) is 0 Å². The maximum atomic E-state index is 11.3. The minimum Gasteiger partial charge on any atom is -0.334 e. The minimum absolute atomic E-state index is 0.123. The molecular weight excluding hydrogens is 190 g/mol.